The van der Waals surface area contributed by atoms with Crippen LogP contribution in [0.25, 0.3) is 16.9 Å². The second kappa shape index (κ2) is 6.83. The number of methoxy groups -OCH3 is 1. The number of ether oxygens (including phenoxy) is 3. The molecular formula is C21H16N4O4. The fourth-order valence-electron chi connectivity index (χ4n) is 3.11. The van der Waals surface area contributed by atoms with E-state index in [4.69, 9.17) is 14.2 Å². The molecule has 8 nitrogen and oxygen atoms in total. The first kappa shape index (κ1) is 17.1. The van der Waals surface area contributed by atoms with E-state index in [1.54, 1.807) is 35.9 Å². The van der Waals surface area contributed by atoms with Gasteiger partial charge in [0, 0.05) is 22.9 Å². The Morgan fingerprint density at radius 3 is 2.90 bits per heavy atom. The number of amides is 1. The van der Waals surface area contributed by atoms with Crippen molar-refractivity contribution in [1.82, 2.24) is 14.6 Å². The highest BCUT2D eigenvalue weighted by Crippen LogP contribution is 2.32. The van der Waals surface area contributed by atoms with E-state index in [1.165, 1.54) is 0 Å². The Hall–Kier alpha value is -4.07. The van der Waals surface area contributed by atoms with Gasteiger partial charge in [-0.3, -0.25) is 4.79 Å². The minimum absolute atomic E-state index is 0.169. The van der Waals surface area contributed by atoms with Gasteiger partial charge in [-0.25, -0.2) is 9.50 Å². The minimum atomic E-state index is -0.234. The largest absolute Gasteiger partial charge is 0.480 e. The predicted molar refractivity (Wildman–Crippen MR) is 105 cm³/mol. The molecule has 2 aromatic heterocycles. The molecule has 0 aliphatic carbocycles. The van der Waals surface area contributed by atoms with E-state index in [-0.39, 0.29) is 12.7 Å². The SMILES string of the molecule is COc1ccc2nc(-c3cccc(NC(=O)c4ccc5c(c4)OCO5)c3)cn2n1. The molecule has 1 aliphatic rings. The number of rotatable bonds is 4. The molecule has 144 valence electrons. The van der Waals surface area contributed by atoms with Gasteiger partial charge in [-0.2, -0.15) is 0 Å². The standard InChI is InChI=1S/C21H16N4O4/c1-27-20-8-7-19-23-16(11-25(19)24-20)13-3-2-4-15(9-13)22-21(26)14-5-6-17-18(10-14)29-12-28-17/h2-11H,12H2,1H3,(H,22,26). The zero-order valence-electron chi connectivity index (χ0n) is 15.5. The highest BCUT2D eigenvalue weighted by atomic mass is 16.7. The van der Waals surface area contributed by atoms with Crippen LogP contribution in [-0.4, -0.2) is 34.4 Å². The Bertz CT molecular complexity index is 1230. The lowest BCUT2D eigenvalue weighted by molar-refractivity contribution is 0.102. The van der Waals surface area contributed by atoms with Gasteiger partial charge in [-0.1, -0.05) is 12.1 Å². The molecule has 4 aromatic rings. The summed E-state index contributed by atoms with van der Waals surface area (Å²) in [6, 6.07) is 16.2. The summed E-state index contributed by atoms with van der Waals surface area (Å²) < 4.78 is 17.4. The van der Waals surface area contributed by atoms with Crippen molar-refractivity contribution in [3.05, 3.63) is 66.4 Å². The van der Waals surface area contributed by atoms with Gasteiger partial charge in [-0.15, -0.1) is 5.10 Å². The molecule has 0 unspecified atom stereocenters. The first-order chi connectivity index (χ1) is 14.2. The fourth-order valence-corrected chi connectivity index (χ4v) is 3.11. The number of benzene rings is 2. The van der Waals surface area contributed by atoms with Gasteiger partial charge in [-0.05, 0) is 36.4 Å². The van der Waals surface area contributed by atoms with Gasteiger partial charge in [0.2, 0.25) is 12.7 Å². The summed E-state index contributed by atoms with van der Waals surface area (Å²) in [7, 11) is 1.57. The van der Waals surface area contributed by atoms with Gasteiger partial charge in [0.1, 0.15) is 0 Å². The fraction of sp³-hybridized carbons (Fsp3) is 0.0952. The maximum Gasteiger partial charge on any atom is 0.255 e. The topological polar surface area (TPSA) is 87.0 Å². The van der Waals surface area contributed by atoms with Crippen LogP contribution in [0.1, 0.15) is 10.4 Å². The zero-order valence-corrected chi connectivity index (χ0v) is 15.5. The summed E-state index contributed by atoms with van der Waals surface area (Å²) >= 11 is 0. The lowest BCUT2D eigenvalue weighted by atomic mass is 10.1. The number of aromatic nitrogens is 3. The van der Waals surface area contributed by atoms with E-state index >= 15 is 0 Å². The molecular weight excluding hydrogens is 372 g/mol. The third-order valence-electron chi connectivity index (χ3n) is 4.56. The van der Waals surface area contributed by atoms with E-state index in [0.29, 0.717) is 34.3 Å². The van der Waals surface area contributed by atoms with E-state index in [9.17, 15) is 4.79 Å². The first-order valence-corrected chi connectivity index (χ1v) is 8.91. The lowest BCUT2D eigenvalue weighted by Crippen LogP contribution is -2.11. The van der Waals surface area contributed by atoms with Crippen LogP contribution in [-0.2, 0) is 0 Å². The Morgan fingerprint density at radius 2 is 2.00 bits per heavy atom. The van der Waals surface area contributed by atoms with Crippen molar-refractivity contribution in [2.75, 3.05) is 19.2 Å². The van der Waals surface area contributed by atoms with Gasteiger partial charge in [0.15, 0.2) is 17.1 Å². The second-order valence-corrected chi connectivity index (χ2v) is 6.41. The Labute approximate surface area is 165 Å². The van der Waals surface area contributed by atoms with Crippen molar-refractivity contribution in [3.63, 3.8) is 0 Å². The molecule has 0 atom stereocenters. The van der Waals surface area contributed by atoms with Gasteiger partial charge >= 0.3 is 0 Å². The summed E-state index contributed by atoms with van der Waals surface area (Å²) in [5, 5.41) is 7.23. The van der Waals surface area contributed by atoms with Crippen molar-refractivity contribution < 1.29 is 19.0 Å². The molecule has 1 aliphatic heterocycles. The highest BCUT2D eigenvalue weighted by Gasteiger charge is 2.16. The summed E-state index contributed by atoms with van der Waals surface area (Å²) in [5.41, 5.74) is 3.45. The molecule has 0 fully saturated rings. The van der Waals surface area contributed by atoms with Crippen molar-refractivity contribution in [3.8, 4) is 28.6 Å². The number of hydrogen-bond donors (Lipinski definition) is 1. The van der Waals surface area contributed by atoms with Crippen LogP contribution in [0.2, 0.25) is 0 Å². The number of carbonyl (C=O) groups excluding carboxylic acids is 1. The second-order valence-electron chi connectivity index (χ2n) is 6.41. The van der Waals surface area contributed by atoms with Gasteiger partial charge in [0.05, 0.1) is 19.0 Å². The quantitative estimate of drug-likeness (QED) is 0.577. The average molecular weight is 388 g/mol. The summed E-state index contributed by atoms with van der Waals surface area (Å²) in [4.78, 5) is 17.2. The van der Waals surface area contributed by atoms with Crippen LogP contribution in [0.4, 0.5) is 5.69 Å². The van der Waals surface area contributed by atoms with Crippen LogP contribution in [0.3, 0.4) is 0 Å². The van der Waals surface area contributed by atoms with Crippen LogP contribution in [0.15, 0.2) is 60.8 Å². The third kappa shape index (κ3) is 3.20. The molecule has 29 heavy (non-hydrogen) atoms. The number of anilines is 1. The third-order valence-corrected chi connectivity index (χ3v) is 4.56. The van der Waals surface area contributed by atoms with E-state index in [1.807, 2.05) is 36.5 Å². The molecule has 0 saturated heterocycles. The zero-order chi connectivity index (χ0) is 19.8. The Morgan fingerprint density at radius 1 is 1.10 bits per heavy atom. The number of hydrogen-bond acceptors (Lipinski definition) is 6. The average Bonchev–Trinajstić information content (AvgIpc) is 3.39. The molecule has 1 amide bonds. The number of carbonyl (C=O) groups is 1. The molecule has 1 N–H and O–H groups in total. The maximum atomic E-state index is 12.6. The molecule has 2 aromatic carbocycles. The van der Waals surface area contributed by atoms with Crippen LogP contribution in [0.5, 0.6) is 17.4 Å². The van der Waals surface area contributed by atoms with Crippen molar-refractivity contribution in [1.29, 1.82) is 0 Å². The van der Waals surface area contributed by atoms with Gasteiger partial charge < -0.3 is 19.5 Å². The van der Waals surface area contributed by atoms with Crippen molar-refractivity contribution in [2.45, 2.75) is 0 Å². The lowest BCUT2D eigenvalue weighted by Gasteiger charge is -2.07. The Kier molecular flexibility index (Phi) is 4.02. The normalized spacial score (nSPS) is 12.2. The van der Waals surface area contributed by atoms with Crippen LogP contribution < -0.4 is 19.5 Å². The minimum Gasteiger partial charge on any atom is -0.480 e. The molecule has 0 saturated carbocycles. The number of nitrogens with zero attached hydrogens (tertiary/aromatic N) is 3. The van der Waals surface area contributed by atoms with E-state index in [0.717, 1.165) is 11.3 Å². The predicted octanol–water partition coefficient (Wildman–Crippen LogP) is 3.39. The maximum absolute atomic E-state index is 12.6. The van der Waals surface area contributed by atoms with Crippen LogP contribution >= 0.6 is 0 Å². The number of nitrogens with one attached hydrogen (secondary N) is 1. The summed E-state index contributed by atoms with van der Waals surface area (Å²) in [5.74, 6) is 1.48. The monoisotopic (exact) mass is 388 g/mol. The smallest absolute Gasteiger partial charge is 0.255 e. The molecule has 0 radical (unpaired) electrons. The molecule has 3 heterocycles. The van der Waals surface area contributed by atoms with Crippen molar-refractivity contribution in [2.24, 2.45) is 0 Å². The van der Waals surface area contributed by atoms with Gasteiger partial charge in [0.25, 0.3) is 5.91 Å². The highest BCUT2D eigenvalue weighted by molar-refractivity contribution is 6.05. The molecule has 0 spiro atoms. The van der Waals surface area contributed by atoms with E-state index in [2.05, 4.69) is 15.4 Å². The summed E-state index contributed by atoms with van der Waals surface area (Å²) in [6.07, 6.45) is 1.82. The molecule has 0 bridgehead atoms. The number of imidazole rings is 1. The summed E-state index contributed by atoms with van der Waals surface area (Å²) in [6.45, 7) is 0.169. The Balaban J connectivity index is 1.40. The first-order valence-electron chi connectivity index (χ1n) is 8.91. The molecule has 8 heteroatoms. The van der Waals surface area contributed by atoms with E-state index < -0.39 is 0 Å². The van der Waals surface area contributed by atoms with Crippen LogP contribution in [0, 0.1) is 0 Å². The molecule has 5 rings (SSSR count). The number of fused-ring (bicyclic) bond motifs is 2. The van der Waals surface area contributed by atoms with Crippen molar-refractivity contribution >= 4 is 17.2 Å².